The summed E-state index contributed by atoms with van der Waals surface area (Å²) in [5.41, 5.74) is -1.54. The van der Waals surface area contributed by atoms with Gasteiger partial charge < -0.3 is 10.4 Å². The quantitative estimate of drug-likeness (QED) is 0.871. The number of carboxylic acids is 1. The normalized spacial score (nSPS) is 11.2. The Bertz CT molecular complexity index is 501. The molecule has 1 amide bonds. The van der Waals surface area contributed by atoms with E-state index in [2.05, 4.69) is 21.2 Å². The van der Waals surface area contributed by atoms with E-state index < -0.39 is 23.2 Å². The van der Waals surface area contributed by atoms with Crippen molar-refractivity contribution in [3.63, 3.8) is 0 Å². The Morgan fingerprint density at radius 3 is 2.37 bits per heavy atom. The number of carbonyl (C=O) groups excluding carboxylic acids is 1. The lowest BCUT2D eigenvalue weighted by molar-refractivity contribution is -0.144. The van der Waals surface area contributed by atoms with Crippen molar-refractivity contribution < 1.29 is 19.1 Å². The van der Waals surface area contributed by atoms with Crippen molar-refractivity contribution in [3.8, 4) is 0 Å². The SMILES string of the molecule is CCC(CC)(NC(=O)c1ccc(Br)cc1F)C(=O)O. The summed E-state index contributed by atoms with van der Waals surface area (Å²) < 4.78 is 14.2. The zero-order chi connectivity index (χ0) is 14.6. The number of carboxylic acid groups (broad SMARTS) is 1. The van der Waals surface area contributed by atoms with Gasteiger partial charge in [0.25, 0.3) is 5.91 Å². The van der Waals surface area contributed by atoms with Gasteiger partial charge >= 0.3 is 5.97 Å². The van der Waals surface area contributed by atoms with E-state index in [0.29, 0.717) is 4.47 Å². The maximum Gasteiger partial charge on any atom is 0.329 e. The van der Waals surface area contributed by atoms with Gasteiger partial charge in [-0.15, -0.1) is 0 Å². The van der Waals surface area contributed by atoms with E-state index in [9.17, 15) is 19.1 Å². The summed E-state index contributed by atoms with van der Waals surface area (Å²) in [7, 11) is 0. The Kier molecular flexibility index (Phi) is 5.05. The molecule has 104 valence electrons. The molecule has 0 aliphatic carbocycles. The predicted molar refractivity (Wildman–Crippen MR) is 72.5 cm³/mol. The lowest BCUT2D eigenvalue weighted by Crippen LogP contribution is -2.53. The Balaban J connectivity index is 3.04. The predicted octanol–water partition coefficient (Wildman–Crippen LogP) is 2.96. The molecule has 0 saturated heterocycles. The van der Waals surface area contributed by atoms with Crippen molar-refractivity contribution >= 4 is 27.8 Å². The molecule has 0 radical (unpaired) electrons. The molecular formula is C13H15BrFNO3. The number of nitrogens with one attached hydrogen (secondary N) is 1. The first-order valence-corrected chi connectivity index (χ1v) is 6.66. The van der Waals surface area contributed by atoms with Gasteiger partial charge in [0.2, 0.25) is 0 Å². The lowest BCUT2D eigenvalue weighted by Gasteiger charge is -2.28. The second-order valence-electron chi connectivity index (χ2n) is 4.17. The van der Waals surface area contributed by atoms with Crippen LogP contribution in [-0.2, 0) is 4.79 Å². The first-order chi connectivity index (χ1) is 8.86. The molecule has 0 saturated carbocycles. The third-order valence-corrected chi connectivity index (χ3v) is 3.64. The smallest absolute Gasteiger partial charge is 0.329 e. The zero-order valence-corrected chi connectivity index (χ0v) is 12.3. The fourth-order valence-electron chi connectivity index (χ4n) is 1.74. The molecule has 0 heterocycles. The average Bonchev–Trinajstić information content (AvgIpc) is 2.35. The molecule has 1 aromatic carbocycles. The molecule has 6 heteroatoms. The highest BCUT2D eigenvalue weighted by Gasteiger charge is 2.37. The molecule has 0 fully saturated rings. The van der Waals surface area contributed by atoms with Crippen LogP contribution in [0, 0.1) is 5.82 Å². The van der Waals surface area contributed by atoms with Gasteiger partial charge in [-0.3, -0.25) is 4.79 Å². The second-order valence-corrected chi connectivity index (χ2v) is 5.09. The van der Waals surface area contributed by atoms with Crippen molar-refractivity contribution in [2.24, 2.45) is 0 Å². The first kappa shape index (κ1) is 15.6. The van der Waals surface area contributed by atoms with Crippen molar-refractivity contribution in [2.45, 2.75) is 32.2 Å². The van der Waals surface area contributed by atoms with Gasteiger partial charge in [0.1, 0.15) is 11.4 Å². The van der Waals surface area contributed by atoms with Crippen LogP contribution in [0.15, 0.2) is 22.7 Å². The zero-order valence-electron chi connectivity index (χ0n) is 10.7. The van der Waals surface area contributed by atoms with Crippen molar-refractivity contribution in [2.75, 3.05) is 0 Å². The topological polar surface area (TPSA) is 66.4 Å². The fraction of sp³-hybridized carbons (Fsp3) is 0.385. The van der Waals surface area contributed by atoms with Crippen LogP contribution in [0.25, 0.3) is 0 Å². The van der Waals surface area contributed by atoms with Gasteiger partial charge in [0, 0.05) is 4.47 Å². The Morgan fingerprint density at radius 2 is 1.95 bits per heavy atom. The van der Waals surface area contributed by atoms with Crippen molar-refractivity contribution in [1.82, 2.24) is 5.32 Å². The summed E-state index contributed by atoms with van der Waals surface area (Å²) in [4.78, 5) is 23.3. The molecule has 0 aromatic heterocycles. The summed E-state index contributed by atoms with van der Waals surface area (Å²) in [5, 5.41) is 11.6. The summed E-state index contributed by atoms with van der Waals surface area (Å²) in [6.07, 6.45) is 0.450. The Hall–Kier alpha value is -1.43. The van der Waals surface area contributed by atoms with Crippen LogP contribution in [0.3, 0.4) is 0 Å². The molecule has 1 rings (SSSR count). The highest BCUT2D eigenvalue weighted by Crippen LogP contribution is 2.19. The molecule has 0 spiro atoms. The van der Waals surface area contributed by atoms with Crippen LogP contribution < -0.4 is 5.32 Å². The Morgan fingerprint density at radius 1 is 1.37 bits per heavy atom. The van der Waals surface area contributed by atoms with Crippen LogP contribution in [0.4, 0.5) is 4.39 Å². The van der Waals surface area contributed by atoms with Gasteiger partial charge in [-0.2, -0.15) is 0 Å². The highest BCUT2D eigenvalue weighted by atomic mass is 79.9. The van der Waals surface area contributed by atoms with Crippen LogP contribution in [-0.4, -0.2) is 22.5 Å². The van der Waals surface area contributed by atoms with Gasteiger partial charge in [0.05, 0.1) is 5.56 Å². The minimum absolute atomic E-state index is 0.171. The standard InChI is InChI=1S/C13H15BrFNO3/c1-3-13(4-2,12(18)19)16-11(17)9-6-5-8(14)7-10(9)15/h5-7H,3-4H2,1-2H3,(H,16,17)(H,18,19). The monoisotopic (exact) mass is 331 g/mol. The number of amides is 1. The van der Waals surface area contributed by atoms with Gasteiger partial charge in [-0.1, -0.05) is 29.8 Å². The number of hydrogen-bond acceptors (Lipinski definition) is 2. The average molecular weight is 332 g/mol. The summed E-state index contributed by atoms with van der Waals surface area (Å²) >= 11 is 3.09. The summed E-state index contributed by atoms with van der Waals surface area (Å²) in [6.45, 7) is 3.33. The molecule has 19 heavy (non-hydrogen) atoms. The largest absolute Gasteiger partial charge is 0.480 e. The highest BCUT2D eigenvalue weighted by molar-refractivity contribution is 9.10. The maximum atomic E-state index is 13.6. The van der Waals surface area contributed by atoms with Gasteiger partial charge in [0.15, 0.2) is 0 Å². The first-order valence-electron chi connectivity index (χ1n) is 5.87. The third-order valence-electron chi connectivity index (χ3n) is 3.15. The molecule has 1 aromatic rings. The molecule has 2 N–H and O–H groups in total. The van der Waals surface area contributed by atoms with Crippen molar-refractivity contribution in [1.29, 1.82) is 0 Å². The van der Waals surface area contributed by atoms with Gasteiger partial charge in [-0.25, -0.2) is 9.18 Å². The summed E-state index contributed by atoms with van der Waals surface area (Å²) in [6, 6.07) is 4.00. The van der Waals surface area contributed by atoms with E-state index >= 15 is 0 Å². The number of hydrogen-bond donors (Lipinski definition) is 2. The van der Waals surface area contributed by atoms with E-state index in [4.69, 9.17) is 0 Å². The van der Waals surface area contributed by atoms with Crippen LogP contribution in [0.2, 0.25) is 0 Å². The lowest BCUT2D eigenvalue weighted by atomic mass is 9.92. The summed E-state index contributed by atoms with van der Waals surface area (Å²) in [5.74, 6) is -2.54. The minimum Gasteiger partial charge on any atom is -0.480 e. The minimum atomic E-state index is -1.36. The number of halogens is 2. The van der Waals surface area contributed by atoms with Gasteiger partial charge in [-0.05, 0) is 31.0 Å². The van der Waals surface area contributed by atoms with Crippen molar-refractivity contribution in [3.05, 3.63) is 34.1 Å². The molecule has 0 aliphatic heterocycles. The molecule has 4 nitrogen and oxygen atoms in total. The fourth-order valence-corrected chi connectivity index (χ4v) is 2.07. The molecular weight excluding hydrogens is 317 g/mol. The van der Waals surface area contributed by atoms with E-state index in [-0.39, 0.29) is 18.4 Å². The van der Waals surface area contributed by atoms with Crippen LogP contribution >= 0.6 is 15.9 Å². The Labute approximate surface area is 119 Å². The van der Waals surface area contributed by atoms with Crippen LogP contribution in [0.5, 0.6) is 0 Å². The third kappa shape index (κ3) is 3.32. The molecule has 0 atom stereocenters. The second kappa shape index (κ2) is 6.14. The van der Waals surface area contributed by atoms with Crippen LogP contribution in [0.1, 0.15) is 37.0 Å². The van der Waals surface area contributed by atoms with E-state index in [1.807, 2.05) is 0 Å². The number of benzene rings is 1. The molecule has 0 aliphatic rings. The van der Waals surface area contributed by atoms with E-state index in [0.717, 1.165) is 6.07 Å². The number of aliphatic carboxylic acids is 1. The number of rotatable bonds is 5. The maximum absolute atomic E-state index is 13.6. The van der Waals surface area contributed by atoms with E-state index in [1.165, 1.54) is 12.1 Å². The number of carbonyl (C=O) groups is 2. The molecule has 0 bridgehead atoms. The van der Waals surface area contributed by atoms with E-state index in [1.54, 1.807) is 13.8 Å². The molecule has 0 unspecified atom stereocenters.